The maximum Gasteiger partial charge on any atom is 0.124 e. The minimum absolute atomic E-state index is 0.0116. The van der Waals surface area contributed by atoms with Gasteiger partial charge in [0.05, 0.1) is 24.7 Å². The van der Waals surface area contributed by atoms with Gasteiger partial charge in [0.2, 0.25) is 0 Å². The van der Waals surface area contributed by atoms with Crippen LogP contribution in [0.25, 0.3) is 0 Å². The monoisotopic (exact) mass is 243 g/mol. The van der Waals surface area contributed by atoms with Crippen molar-refractivity contribution in [2.45, 2.75) is 25.4 Å². The summed E-state index contributed by atoms with van der Waals surface area (Å²) in [5.41, 5.74) is 8.27. The Bertz CT molecular complexity index is 547. The summed E-state index contributed by atoms with van der Waals surface area (Å²) >= 11 is 0. The van der Waals surface area contributed by atoms with E-state index in [4.69, 9.17) is 10.5 Å². The van der Waals surface area contributed by atoms with Crippen molar-refractivity contribution in [2.24, 2.45) is 5.73 Å². The van der Waals surface area contributed by atoms with Crippen LogP contribution in [0.15, 0.2) is 36.8 Å². The number of aromatic nitrogens is 2. The Morgan fingerprint density at radius 1 is 1.44 bits per heavy atom. The molecule has 0 spiro atoms. The molecule has 0 bridgehead atoms. The maximum absolute atomic E-state index is 5.99. The van der Waals surface area contributed by atoms with Crippen LogP contribution in [0.1, 0.15) is 36.7 Å². The fourth-order valence-corrected chi connectivity index (χ4v) is 2.54. The number of hydrogen-bond acceptors (Lipinski definition) is 3. The molecule has 1 aliphatic rings. The highest BCUT2D eigenvalue weighted by molar-refractivity contribution is 5.38. The molecule has 1 aromatic heterocycles. The van der Waals surface area contributed by atoms with Gasteiger partial charge in [0.1, 0.15) is 5.75 Å². The fraction of sp³-hybridized carbons (Fsp3) is 0.357. The molecule has 2 atom stereocenters. The lowest BCUT2D eigenvalue weighted by Gasteiger charge is -2.28. The zero-order chi connectivity index (χ0) is 12.5. The molecule has 0 fully saturated rings. The minimum atomic E-state index is -0.0116. The predicted molar refractivity (Wildman–Crippen MR) is 69.5 cm³/mol. The van der Waals surface area contributed by atoms with Crippen molar-refractivity contribution in [1.82, 2.24) is 9.55 Å². The maximum atomic E-state index is 5.99. The topological polar surface area (TPSA) is 53.1 Å². The van der Waals surface area contributed by atoms with Crippen LogP contribution < -0.4 is 10.5 Å². The van der Waals surface area contributed by atoms with Crippen molar-refractivity contribution in [2.75, 3.05) is 6.61 Å². The summed E-state index contributed by atoms with van der Waals surface area (Å²) in [4.78, 5) is 4.23. The number of hydrogen-bond donors (Lipinski definition) is 1. The van der Waals surface area contributed by atoms with E-state index in [0.717, 1.165) is 24.5 Å². The Morgan fingerprint density at radius 3 is 3.11 bits per heavy atom. The van der Waals surface area contributed by atoms with Gasteiger partial charge in [-0.3, -0.25) is 0 Å². The van der Waals surface area contributed by atoms with Gasteiger partial charge in [-0.15, -0.1) is 0 Å². The minimum Gasteiger partial charge on any atom is -0.493 e. The van der Waals surface area contributed by atoms with E-state index in [2.05, 4.69) is 15.6 Å². The number of rotatable bonds is 2. The van der Waals surface area contributed by atoms with Crippen molar-refractivity contribution in [3.63, 3.8) is 0 Å². The summed E-state index contributed by atoms with van der Waals surface area (Å²) < 4.78 is 7.86. The average Bonchev–Trinajstić information content (AvgIpc) is 2.87. The Morgan fingerprint density at radius 2 is 2.28 bits per heavy atom. The van der Waals surface area contributed by atoms with E-state index in [0.29, 0.717) is 0 Å². The van der Waals surface area contributed by atoms with E-state index < -0.39 is 0 Å². The van der Waals surface area contributed by atoms with Crippen LogP contribution in [-0.4, -0.2) is 16.2 Å². The summed E-state index contributed by atoms with van der Waals surface area (Å²) in [7, 11) is 0. The molecule has 18 heavy (non-hydrogen) atoms. The molecule has 1 aliphatic heterocycles. The SMILES string of the molecule is C[C@@H](N)c1cncn1C1CCOc2ccccc21. The van der Waals surface area contributed by atoms with Crippen LogP contribution in [0.5, 0.6) is 5.75 Å². The molecule has 4 heteroatoms. The third-order valence-corrected chi connectivity index (χ3v) is 3.43. The van der Waals surface area contributed by atoms with Gasteiger partial charge in [0.25, 0.3) is 0 Å². The van der Waals surface area contributed by atoms with Gasteiger partial charge >= 0.3 is 0 Å². The van der Waals surface area contributed by atoms with Gasteiger partial charge in [0.15, 0.2) is 0 Å². The molecule has 0 saturated heterocycles. The summed E-state index contributed by atoms with van der Waals surface area (Å²) in [5, 5.41) is 0. The largest absolute Gasteiger partial charge is 0.493 e. The highest BCUT2D eigenvalue weighted by Crippen LogP contribution is 2.35. The Kier molecular flexibility index (Phi) is 2.80. The van der Waals surface area contributed by atoms with Gasteiger partial charge in [0, 0.05) is 24.2 Å². The first-order chi connectivity index (χ1) is 8.77. The molecule has 0 radical (unpaired) electrons. The van der Waals surface area contributed by atoms with Gasteiger partial charge in [-0.05, 0) is 13.0 Å². The number of nitrogens with two attached hydrogens (primary N) is 1. The molecule has 1 unspecified atom stereocenters. The second kappa shape index (κ2) is 4.46. The molecule has 2 heterocycles. The van der Waals surface area contributed by atoms with E-state index in [-0.39, 0.29) is 12.1 Å². The van der Waals surface area contributed by atoms with Gasteiger partial charge in [-0.25, -0.2) is 4.98 Å². The average molecular weight is 243 g/mol. The fourth-order valence-electron chi connectivity index (χ4n) is 2.54. The molecular formula is C14H17N3O. The first-order valence-corrected chi connectivity index (χ1v) is 6.26. The summed E-state index contributed by atoms with van der Waals surface area (Å²) in [6.07, 6.45) is 4.67. The Hall–Kier alpha value is -1.81. The number of imidazole rings is 1. The molecule has 0 saturated carbocycles. The lowest BCUT2D eigenvalue weighted by atomic mass is 10.00. The van der Waals surface area contributed by atoms with Gasteiger partial charge < -0.3 is 15.0 Å². The predicted octanol–water partition coefficient (Wildman–Crippen LogP) is 2.27. The summed E-state index contributed by atoms with van der Waals surface area (Å²) in [5.74, 6) is 0.970. The third kappa shape index (κ3) is 1.78. The molecule has 2 N–H and O–H groups in total. The highest BCUT2D eigenvalue weighted by atomic mass is 16.5. The van der Waals surface area contributed by atoms with E-state index in [9.17, 15) is 0 Å². The van der Waals surface area contributed by atoms with Crippen molar-refractivity contribution < 1.29 is 4.74 Å². The lowest BCUT2D eigenvalue weighted by Crippen LogP contribution is -2.23. The molecule has 1 aromatic carbocycles. The molecule has 3 rings (SSSR count). The van der Waals surface area contributed by atoms with E-state index >= 15 is 0 Å². The molecular weight excluding hydrogens is 226 g/mol. The molecule has 2 aromatic rings. The number of ether oxygens (including phenoxy) is 1. The van der Waals surface area contributed by atoms with Crippen LogP contribution in [0.4, 0.5) is 0 Å². The molecule has 94 valence electrons. The van der Waals surface area contributed by atoms with Crippen molar-refractivity contribution >= 4 is 0 Å². The second-order valence-electron chi connectivity index (χ2n) is 4.71. The first-order valence-electron chi connectivity index (χ1n) is 6.26. The van der Waals surface area contributed by atoms with Crippen LogP contribution in [0, 0.1) is 0 Å². The number of benzene rings is 1. The molecule has 0 aliphatic carbocycles. The van der Waals surface area contributed by atoms with Crippen molar-refractivity contribution in [3.05, 3.63) is 48.0 Å². The van der Waals surface area contributed by atoms with Crippen molar-refractivity contribution in [3.8, 4) is 5.75 Å². The standard InChI is InChI=1S/C14H17N3O/c1-10(15)13-8-16-9-17(13)12-6-7-18-14-5-3-2-4-11(12)14/h2-5,8-10,12H,6-7,15H2,1H3/t10-,12?/m1/s1. The zero-order valence-electron chi connectivity index (χ0n) is 10.4. The van der Waals surface area contributed by atoms with Gasteiger partial charge in [-0.2, -0.15) is 0 Å². The van der Waals surface area contributed by atoms with Crippen LogP contribution in [0.3, 0.4) is 0 Å². The first kappa shape index (κ1) is 11.3. The van der Waals surface area contributed by atoms with Crippen LogP contribution >= 0.6 is 0 Å². The number of fused-ring (bicyclic) bond motifs is 1. The normalized spacial score (nSPS) is 20.0. The Balaban J connectivity index is 2.06. The number of nitrogens with zero attached hydrogens (tertiary/aromatic N) is 2. The van der Waals surface area contributed by atoms with E-state index in [1.165, 1.54) is 5.56 Å². The zero-order valence-corrected chi connectivity index (χ0v) is 10.4. The quantitative estimate of drug-likeness (QED) is 0.880. The smallest absolute Gasteiger partial charge is 0.124 e. The van der Waals surface area contributed by atoms with E-state index in [1.54, 1.807) is 0 Å². The summed E-state index contributed by atoms with van der Waals surface area (Å²) in [6, 6.07) is 8.44. The van der Waals surface area contributed by atoms with Crippen LogP contribution in [0.2, 0.25) is 0 Å². The molecule has 0 amide bonds. The lowest BCUT2D eigenvalue weighted by molar-refractivity contribution is 0.254. The third-order valence-electron chi connectivity index (χ3n) is 3.43. The van der Waals surface area contributed by atoms with Crippen molar-refractivity contribution in [1.29, 1.82) is 0 Å². The van der Waals surface area contributed by atoms with E-state index in [1.807, 2.05) is 37.6 Å². The molecule has 4 nitrogen and oxygen atoms in total. The Labute approximate surface area is 106 Å². The second-order valence-corrected chi connectivity index (χ2v) is 4.71. The van der Waals surface area contributed by atoms with Crippen LogP contribution in [-0.2, 0) is 0 Å². The summed E-state index contributed by atoms with van der Waals surface area (Å²) in [6.45, 7) is 2.72. The highest BCUT2D eigenvalue weighted by Gasteiger charge is 2.24. The number of para-hydroxylation sites is 1. The van der Waals surface area contributed by atoms with Gasteiger partial charge in [-0.1, -0.05) is 18.2 Å².